The predicted molar refractivity (Wildman–Crippen MR) is 119 cm³/mol. The first kappa shape index (κ1) is 28.6. The summed E-state index contributed by atoms with van der Waals surface area (Å²) in [5, 5.41) is 2.75. The second-order valence-corrected chi connectivity index (χ2v) is 7.64. The van der Waals surface area contributed by atoms with Gasteiger partial charge in [-0.2, -0.15) is 0 Å². The molecule has 0 aromatic rings. The van der Waals surface area contributed by atoms with Crippen molar-refractivity contribution in [1.29, 1.82) is 0 Å². The van der Waals surface area contributed by atoms with E-state index in [-0.39, 0.29) is 5.97 Å². The van der Waals surface area contributed by atoms with Crippen molar-refractivity contribution in [2.45, 2.75) is 129 Å². The Morgan fingerprint density at radius 2 is 1.07 bits per heavy atom. The molecule has 0 saturated carbocycles. The quantitative estimate of drug-likeness (QED) is 0.164. The van der Waals surface area contributed by atoms with Crippen LogP contribution in [-0.2, 0) is 9.53 Å². The molecule has 4 nitrogen and oxygen atoms in total. The summed E-state index contributed by atoms with van der Waals surface area (Å²) in [4.78, 5) is 11.4. The Balaban J connectivity index is 0. The van der Waals surface area contributed by atoms with E-state index in [1.54, 1.807) is 0 Å². The molecule has 3 N–H and O–H groups in total. The molecule has 27 heavy (non-hydrogen) atoms. The lowest BCUT2D eigenvalue weighted by Gasteiger charge is -2.10. The largest absolute Gasteiger partial charge is 0.447 e. The average molecular weight is 387 g/mol. The highest BCUT2D eigenvalue weighted by atomic mass is 16.6. The maximum Gasteiger partial charge on any atom is 0.307 e. The fourth-order valence-corrected chi connectivity index (χ4v) is 2.95. The van der Waals surface area contributed by atoms with E-state index in [1.807, 2.05) is 21.0 Å². The lowest BCUT2D eigenvalue weighted by atomic mass is 10.0. The Bertz CT molecular complexity index is 286. The molecule has 1 unspecified atom stereocenters. The van der Waals surface area contributed by atoms with Gasteiger partial charge in [0, 0.05) is 6.42 Å². The Kier molecular flexibility index (Phi) is 26.9. The highest BCUT2D eigenvalue weighted by Crippen LogP contribution is 2.13. The summed E-state index contributed by atoms with van der Waals surface area (Å²) >= 11 is 0. The van der Waals surface area contributed by atoms with Crippen molar-refractivity contribution >= 4 is 5.97 Å². The van der Waals surface area contributed by atoms with Gasteiger partial charge in [-0.05, 0) is 26.9 Å². The van der Waals surface area contributed by atoms with Crippen LogP contribution in [0, 0.1) is 0 Å². The molecule has 0 aliphatic carbocycles. The Labute approximate surface area is 170 Å². The molecule has 0 heterocycles. The van der Waals surface area contributed by atoms with Crippen LogP contribution in [0.3, 0.4) is 0 Å². The number of nitrogens with two attached hydrogens (primary N) is 1. The molecular formula is C23H50N2O2. The SMILES string of the molecule is CCCCCCCCCCCCCCCCCC(=O)OC(N)CC.CNC. The number of hydrogen-bond donors (Lipinski definition) is 2. The van der Waals surface area contributed by atoms with Crippen LogP contribution < -0.4 is 11.1 Å². The van der Waals surface area contributed by atoms with Gasteiger partial charge in [0.1, 0.15) is 0 Å². The van der Waals surface area contributed by atoms with Crippen LogP contribution in [-0.4, -0.2) is 26.3 Å². The molecule has 0 saturated heterocycles. The van der Waals surface area contributed by atoms with Gasteiger partial charge in [0.05, 0.1) is 0 Å². The zero-order valence-electron chi connectivity index (χ0n) is 19.0. The predicted octanol–water partition coefficient (Wildman–Crippen LogP) is 6.32. The minimum absolute atomic E-state index is 0.140. The lowest BCUT2D eigenvalue weighted by Crippen LogP contribution is -2.25. The smallest absolute Gasteiger partial charge is 0.307 e. The number of ether oxygens (including phenoxy) is 1. The summed E-state index contributed by atoms with van der Waals surface area (Å²) in [6.45, 7) is 4.20. The minimum Gasteiger partial charge on any atom is -0.447 e. The Morgan fingerprint density at radius 1 is 0.741 bits per heavy atom. The molecule has 0 spiro atoms. The summed E-state index contributed by atoms with van der Waals surface area (Å²) in [5.74, 6) is -0.140. The molecule has 0 fully saturated rings. The van der Waals surface area contributed by atoms with Gasteiger partial charge in [0.2, 0.25) is 0 Å². The molecule has 0 aromatic carbocycles. The molecule has 0 amide bonds. The van der Waals surface area contributed by atoms with E-state index in [1.165, 1.54) is 83.5 Å². The van der Waals surface area contributed by atoms with E-state index in [2.05, 4.69) is 12.2 Å². The average Bonchev–Trinajstić information content (AvgIpc) is 2.65. The Hall–Kier alpha value is -0.610. The first-order valence-corrected chi connectivity index (χ1v) is 11.7. The van der Waals surface area contributed by atoms with Gasteiger partial charge in [0.25, 0.3) is 0 Å². The lowest BCUT2D eigenvalue weighted by molar-refractivity contribution is -0.149. The fraction of sp³-hybridized carbons (Fsp3) is 0.957. The van der Waals surface area contributed by atoms with Crippen molar-refractivity contribution in [3.8, 4) is 0 Å². The summed E-state index contributed by atoms with van der Waals surface area (Å²) in [6, 6.07) is 0. The molecule has 164 valence electrons. The highest BCUT2D eigenvalue weighted by molar-refractivity contribution is 5.69. The topological polar surface area (TPSA) is 64.3 Å². The molecule has 0 aromatic heterocycles. The van der Waals surface area contributed by atoms with Crippen molar-refractivity contribution in [2.75, 3.05) is 14.1 Å². The van der Waals surface area contributed by atoms with E-state index >= 15 is 0 Å². The van der Waals surface area contributed by atoms with Crippen molar-refractivity contribution in [3.63, 3.8) is 0 Å². The molecule has 4 heteroatoms. The highest BCUT2D eigenvalue weighted by Gasteiger charge is 2.06. The van der Waals surface area contributed by atoms with Gasteiger partial charge < -0.3 is 10.1 Å². The van der Waals surface area contributed by atoms with Gasteiger partial charge in [-0.3, -0.25) is 10.5 Å². The molecule has 1 atom stereocenters. The third kappa shape index (κ3) is 27.7. The normalized spacial score (nSPS) is 11.6. The molecule has 0 bridgehead atoms. The number of esters is 1. The van der Waals surface area contributed by atoms with Crippen LogP contribution in [0.15, 0.2) is 0 Å². The summed E-state index contributed by atoms with van der Waals surface area (Å²) < 4.78 is 5.06. The molecule has 0 rings (SSSR count). The summed E-state index contributed by atoms with van der Waals surface area (Å²) in [5.41, 5.74) is 5.59. The van der Waals surface area contributed by atoms with Crippen molar-refractivity contribution in [2.24, 2.45) is 5.73 Å². The van der Waals surface area contributed by atoms with Gasteiger partial charge in [0.15, 0.2) is 6.23 Å². The molecule has 0 aliphatic heterocycles. The third-order valence-corrected chi connectivity index (χ3v) is 4.67. The van der Waals surface area contributed by atoms with Crippen LogP contribution in [0.25, 0.3) is 0 Å². The second-order valence-electron chi connectivity index (χ2n) is 7.64. The first-order valence-electron chi connectivity index (χ1n) is 11.7. The molecular weight excluding hydrogens is 336 g/mol. The van der Waals surface area contributed by atoms with Crippen molar-refractivity contribution < 1.29 is 9.53 Å². The minimum atomic E-state index is -0.422. The third-order valence-electron chi connectivity index (χ3n) is 4.67. The van der Waals surface area contributed by atoms with E-state index in [0.29, 0.717) is 12.8 Å². The molecule has 0 radical (unpaired) electrons. The first-order chi connectivity index (χ1) is 13.1. The monoisotopic (exact) mass is 386 g/mol. The number of carbonyl (C=O) groups is 1. The zero-order valence-corrected chi connectivity index (χ0v) is 19.0. The number of hydrogen-bond acceptors (Lipinski definition) is 4. The number of carbonyl (C=O) groups excluding carboxylic acids is 1. The van der Waals surface area contributed by atoms with E-state index in [9.17, 15) is 4.79 Å². The van der Waals surface area contributed by atoms with Crippen LogP contribution in [0.2, 0.25) is 0 Å². The molecule has 0 aliphatic rings. The standard InChI is InChI=1S/C21H43NO2.C2H7N/c1-3-5-6-7-8-9-10-11-12-13-14-15-16-17-18-19-21(23)24-20(22)4-2;1-3-2/h20H,3-19,22H2,1-2H3;3H,1-2H3. The van der Waals surface area contributed by atoms with Crippen LogP contribution in [0.4, 0.5) is 0 Å². The van der Waals surface area contributed by atoms with Crippen LogP contribution >= 0.6 is 0 Å². The van der Waals surface area contributed by atoms with E-state index in [0.717, 1.165) is 12.8 Å². The van der Waals surface area contributed by atoms with Crippen LogP contribution in [0.5, 0.6) is 0 Å². The summed E-state index contributed by atoms with van der Waals surface area (Å²) in [6.07, 6.45) is 20.9. The van der Waals surface area contributed by atoms with Gasteiger partial charge >= 0.3 is 5.97 Å². The van der Waals surface area contributed by atoms with Gasteiger partial charge in [-0.15, -0.1) is 0 Å². The maximum atomic E-state index is 11.4. The fourth-order valence-electron chi connectivity index (χ4n) is 2.95. The summed E-state index contributed by atoms with van der Waals surface area (Å²) in [7, 11) is 3.75. The van der Waals surface area contributed by atoms with Crippen molar-refractivity contribution in [3.05, 3.63) is 0 Å². The van der Waals surface area contributed by atoms with Crippen molar-refractivity contribution in [1.82, 2.24) is 5.32 Å². The van der Waals surface area contributed by atoms with Crippen LogP contribution in [0.1, 0.15) is 123 Å². The number of unbranched alkanes of at least 4 members (excludes halogenated alkanes) is 14. The number of rotatable bonds is 18. The number of nitrogens with one attached hydrogen (secondary N) is 1. The van der Waals surface area contributed by atoms with E-state index in [4.69, 9.17) is 10.5 Å². The Morgan fingerprint density at radius 3 is 1.41 bits per heavy atom. The van der Waals surface area contributed by atoms with E-state index < -0.39 is 6.23 Å². The maximum absolute atomic E-state index is 11.4. The van der Waals surface area contributed by atoms with Gasteiger partial charge in [-0.1, -0.05) is 104 Å². The second kappa shape index (κ2) is 25.4. The van der Waals surface area contributed by atoms with Gasteiger partial charge in [-0.25, -0.2) is 0 Å². The zero-order chi connectivity index (χ0) is 20.6.